The van der Waals surface area contributed by atoms with Gasteiger partial charge < -0.3 is 15.2 Å². The molecule has 1 fully saturated rings. The minimum Gasteiger partial charge on any atom is -0.426 e. The van der Waals surface area contributed by atoms with Gasteiger partial charge in [0.15, 0.2) is 5.82 Å². The van der Waals surface area contributed by atoms with Crippen molar-refractivity contribution in [2.24, 2.45) is 5.92 Å². The van der Waals surface area contributed by atoms with Crippen LogP contribution in [0.5, 0.6) is 11.5 Å². The molecule has 0 atom stereocenters. The zero-order valence-electron chi connectivity index (χ0n) is 15.9. The first kappa shape index (κ1) is 19.7. The number of nitrogens with two attached hydrogens (primary N) is 1. The highest BCUT2D eigenvalue weighted by Gasteiger charge is 2.32. The van der Waals surface area contributed by atoms with E-state index >= 15 is 0 Å². The van der Waals surface area contributed by atoms with E-state index in [4.69, 9.17) is 15.2 Å². The van der Waals surface area contributed by atoms with E-state index in [9.17, 15) is 14.0 Å². The molecular formula is C21H25FN2O4. The Bertz CT molecular complexity index is 902. The minimum absolute atomic E-state index is 0. The number of ether oxygens (including phenoxy) is 2. The standard InChI is InChI=1S/C19H17FN2O4.C2H6.H2/c20-17-13(2-1-3-15(17)21)10-22-9-12-6-7-14(8-16(12)26-19(22)24)25-18(23)11-4-5-11;1-2;/h1-3,6-8,11H,4-5,9-10,21H2;1-2H3;1H. The number of amides is 1. The topological polar surface area (TPSA) is 81.9 Å². The van der Waals surface area contributed by atoms with Gasteiger partial charge in [-0.15, -0.1) is 0 Å². The molecule has 0 radical (unpaired) electrons. The summed E-state index contributed by atoms with van der Waals surface area (Å²) in [6, 6.07) is 9.61. The SMILES string of the molecule is CC.Nc1cccc(CN2Cc3ccc(OC(=O)C4CC4)cc3OC2=O)c1F.[HH]. The van der Waals surface area contributed by atoms with Gasteiger partial charge in [0.1, 0.15) is 11.5 Å². The molecule has 150 valence electrons. The Hall–Kier alpha value is -3.09. The van der Waals surface area contributed by atoms with E-state index in [0.717, 1.165) is 18.4 Å². The number of rotatable bonds is 4. The predicted molar refractivity (Wildman–Crippen MR) is 104 cm³/mol. The van der Waals surface area contributed by atoms with E-state index in [0.29, 0.717) is 17.1 Å². The van der Waals surface area contributed by atoms with Crippen LogP contribution < -0.4 is 15.2 Å². The van der Waals surface area contributed by atoms with Crippen molar-refractivity contribution >= 4 is 17.7 Å². The number of fused-ring (bicyclic) bond motifs is 1. The highest BCUT2D eigenvalue weighted by molar-refractivity contribution is 5.78. The number of hydrogen-bond donors (Lipinski definition) is 1. The van der Waals surface area contributed by atoms with Gasteiger partial charge in [0.2, 0.25) is 0 Å². The molecule has 1 saturated carbocycles. The molecule has 1 aliphatic heterocycles. The molecule has 2 aromatic rings. The number of carbonyl (C=O) groups excluding carboxylic acids is 2. The van der Waals surface area contributed by atoms with Crippen LogP contribution in [0.25, 0.3) is 0 Å². The molecule has 1 aliphatic carbocycles. The van der Waals surface area contributed by atoms with Crippen LogP contribution in [-0.4, -0.2) is 17.0 Å². The lowest BCUT2D eigenvalue weighted by Crippen LogP contribution is -2.36. The second-order valence-electron chi connectivity index (χ2n) is 6.51. The predicted octanol–water partition coefficient (Wildman–Crippen LogP) is 4.51. The molecule has 4 rings (SSSR count). The van der Waals surface area contributed by atoms with Crippen molar-refractivity contribution in [2.75, 3.05) is 5.73 Å². The van der Waals surface area contributed by atoms with E-state index < -0.39 is 11.9 Å². The first-order valence-corrected chi connectivity index (χ1v) is 9.35. The molecule has 0 unspecified atom stereocenters. The molecule has 2 aromatic carbocycles. The van der Waals surface area contributed by atoms with Crippen LogP contribution in [0.3, 0.4) is 0 Å². The maximum atomic E-state index is 14.1. The summed E-state index contributed by atoms with van der Waals surface area (Å²) in [5.74, 6) is -0.110. The fourth-order valence-electron chi connectivity index (χ4n) is 2.82. The second kappa shape index (κ2) is 8.29. The van der Waals surface area contributed by atoms with E-state index in [1.165, 1.54) is 17.0 Å². The van der Waals surface area contributed by atoms with E-state index in [1.54, 1.807) is 24.3 Å². The summed E-state index contributed by atoms with van der Waals surface area (Å²) in [6.07, 6.45) is 1.12. The highest BCUT2D eigenvalue weighted by atomic mass is 19.1. The van der Waals surface area contributed by atoms with Gasteiger partial charge in [-0.1, -0.05) is 26.0 Å². The van der Waals surface area contributed by atoms with Crippen molar-refractivity contribution in [3.05, 3.63) is 53.3 Å². The third-order valence-electron chi connectivity index (χ3n) is 4.45. The lowest BCUT2D eigenvalue weighted by Gasteiger charge is -2.28. The Morgan fingerprint density at radius 1 is 1.32 bits per heavy atom. The van der Waals surface area contributed by atoms with Crippen molar-refractivity contribution in [1.82, 2.24) is 4.90 Å². The molecule has 2 N–H and O–H groups in total. The van der Waals surface area contributed by atoms with Crippen molar-refractivity contribution in [1.29, 1.82) is 0 Å². The molecule has 1 amide bonds. The number of esters is 1. The summed E-state index contributed by atoms with van der Waals surface area (Å²) in [7, 11) is 0. The average molecular weight is 388 g/mol. The van der Waals surface area contributed by atoms with Crippen LogP contribution in [0.15, 0.2) is 36.4 Å². The lowest BCUT2D eigenvalue weighted by atomic mass is 10.1. The zero-order chi connectivity index (χ0) is 20.3. The van der Waals surface area contributed by atoms with Crippen LogP contribution in [0.2, 0.25) is 0 Å². The Morgan fingerprint density at radius 3 is 2.79 bits per heavy atom. The van der Waals surface area contributed by atoms with E-state index in [-0.39, 0.29) is 32.1 Å². The lowest BCUT2D eigenvalue weighted by molar-refractivity contribution is -0.135. The molecule has 2 aliphatic rings. The molecule has 0 aromatic heterocycles. The zero-order valence-corrected chi connectivity index (χ0v) is 15.9. The summed E-state index contributed by atoms with van der Waals surface area (Å²) in [5.41, 5.74) is 6.68. The van der Waals surface area contributed by atoms with Gasteiger partial charge >= 0.3 is 12.1 Å². The quantitative estimate of drug-likeness (QED) is 0.473. The Balaban J connectivity index is 0.000000970. The Kier molecular flexibility index (Phi) is 5.82. The van der Waals surface area contributed by atoms with Gasteiger partial charge in [-0.05, 0) is 31.0 Å². The largest absolute Gasteiger partial charge is 0.426 e. The van der Waals surface area contributed by atoms with Crippen molar-refractivity contribution in [2.45, 2.75) is 39.8 Å². The Labute approximate surface area is 164 Å². The first-order valence-electron chi connectivity index (χ1n) is 9.35. The molecule has 0 bridgehead atoms. The third kappa shape index (κ3) is 4.24. The average Bonchev–Trinajstić information content (AvgIpc) is 3.53. The summed E-state index contributed by atoms with van der Waals surface area (Å²) in [4.78, 5) is 25.4. The van der Waals surface area contributed by atoms with Crippen molar-refractivity contribution in [3.8, 4) is 11.5 Å². The molecule has 0 spiro atoms. The van der Waals surface area contributed by atoms with E-state index in [1.807, 2.05) is 13.8 Å². The number of benzene rings is 2. The molecule has 28 heavy (non-hydrogen) atoms. The van der Waals surface area contributed by atoms with Crippen LogP contribution in [0.4, 0.5) is 14.9 Å². The number of carbonyl (C=O) groups is 2. The fraction of sp³-hybridized carbons (Fsp3) is 0.333. The Morgan fingerprint density at radius 2 is 2.07 bits per heavy atom. The van der Waals surface area contributed by atoms with Gasteiger partial charge in [-0.25, -0.2) is 9.18 Å². The molecule has 7 heteroatoms. The molecule has 1 heterocycles. The van der Waals surface area contributed by atoms with Crippen molar-refractivity contribution in [3.63, 3.8) is 0 Å². The minimum atomic E-state index is -0.593. The summed E-state index contributed by atoms with van der Waals surface area (Å²) >= 11 is 0. The van der Waals surface area contributed by atoms with Gasteiger partial charge in [0.25, 0.3) is 0 Å². The van der Waals surface area contributed by atoms with Crippen LogP contribution in [0, 0.1) is 11.7 Å². The second-order valence-corrected chi connectivity index (χ2v) is 6.51. The molecule has 6 nitrogen and oxygen atoms in total. The number of nitrogen functional groups attached to an aromatic ring is 1. The van der Waals surface area contributed by atoms with Crippen LogP contribution >= 0.6 is 0 Å². The summed E-state index contributed by atoms with van der Waals surface area (Å²) in [6.45, 7) is 4.31. The van der Waals surface area contributed by atoms with Crippen molar-refractivity contribution < 1.29 is 24.9 Å². The molecular weight excluding hydrogens is 363 g/mol. The summed E-state index contributed by atoms with van der Waals surface area (Å²) < 4.78 is 24.7. The van der Waals surface area contributed by atoms with Gasteiger partial charge in [0.05, 0.1) is 24.7 Å². The van der Waals surface area contributed by atoms with Gasteiger partial charge in [0, 0.05) is 18.6 Å². The number of halogens is 1. The number of nitrogens with zero attached hydrogens (tertiary/aromatic N) is 1. The van der Waals surface area contributed by atoms with Crippen LogP contribution in [0.1, 0.15) is 39.2 Å². The van der Waals surface area contributed by atoms with Crippen LogP contribution in [-0.2, 0) is 17.9 Å². The number of anilines is 1. The first-order chi connectivity index (χ1) is 13.5. The van der Waals surface area contributed by atoms with E-state index in [2.05, 4.69) is 0 Å². The fourth-order valence-corrected chi connectivity index (χ4v) is 2.82. The van der Waals surface area contributed by atoms with Gasteiger partial charge in [-0.3, -0.25) is 9.69 Å². The normalized spacial score (nSPS) is 15.1. The third-order valence-corrected chi connectivity index (χ3v) is 4.45. The monoisotopic (exact) mass is 388 g/mol. The van der Waals surface area contributed by atoms with Gasteiger partial charge in [-0.2, -0.15) is 0 Å². The maximum absolute atomic E-state index is 14.1. The number of hydrogen-bond acceptors (Lipinski definition) is 5. The highest BCUT2D eigenvalue weighted by Crippen LogP contribution is 2.34. The maximum Gasteiger partial charge on any atom is 0.415 e. The molecule has 0 saturated heterocycles. The smallest absolute Gasteiger partial charge is 0.415 e. The summed E-state index contributed by atoms with van der Waals surface area (Å²) in [5, 5.41) is 0.